The summed E-state index contributed by atoms with van der Waals surface area (Å²) in [7, 11) is -3.56. The first-order valence-corrected chi connectivity index (χ1v) is 8.63. The Labute approximate surface area is 125 Å². The fourth-order valence-electron chi connectivity index (χ4n) is 2.62. The van der Waals surface area contributed by atoms with Gasteiger partial charge < -0.3 is 5.11 Å². The van der Waals surface area contributed by atoms with Gasteiger partial charge in [-0.25, -0.2) is 13.1 Å². The Morgan fingerprint density at radius 3 is 2.55 bits per heavy atom. The van der Waals surface area contributed by atoms with Gasteiger partial charge in [0, 0.05) is 11.1 Å². The Morgan fingerprint density at radius 2 is 2.05 bits per heavy atom. The van der Waals surface area contributed by atoms with E-state index in [4.69, 9.17) is 16.7 Å². The molecule has 0 aliphatic heterocycles. The van der Waals surface area contributed by atoms with Crippen molar-refractivity contribution in [2.24, 2.45) is 11.8 Å². The summed E-state index contributed by atoms with van der Waals surface area (Å²) in [5, 5.41) is 9.32. The van der Waals surface area contributed by atoms with Crippen LogP contribution in [0.4, 0.5) is 0 Å². The molecule has 3 unspecified atom stereocenters. The Hall–Kier alpha value is -0.620. The van der Waals surface area contributed by atoms with Crippen LogP contribution in [0.3, 0.4) is 0 Å². The molecule has 1 aliphatic rings. The van der Waals surface area contributed by atoms with Gasteiger partial charge in [0.25, 0.3) is 0 Å². The van der Waals surface area contributed by atoms with Crippen LogP contribution < -0.4 is 4.72 Å². The molecule has 3 atom stereocenters. The van der Waals surface area contributed by atoms with Crippen LogP contribution in [0, 0.1) is 11.8 Å². The molecular weight excluding hydrogens is 298 g/mol. The van der Waals surface area contributed by atoms with Gasteiger partial charge in [0.15, 0.2) is 0 Å². The Kier molecular flexibility index (Phi) is 4.74. The lowest BCUT2D eigenvalue weighted by molar-refractivity contribution is 0.282. The molecule has 4 nitrogen and oxygen atoms in total. The Morgan fingerprint density at radius 1 is 1.35 bits per heavy atom. The van der Waals surface area contributed by atoms with Gasteiger partial charge in [0.2, 0.25) is 10.0 Å². The highest BCUT2D eigenvalue weighted by molar-refractivity contribution is 7.89. The monoisotopic (exact) mass is 317 g/mol. The van der Waals surface area contributed by atoms with Gasteiger partial charge in [-0.2, -0.15) is 0 Å². The molecule has 0 radical (unpaired) electrons. The first kappa shape index (κ1) is 15.8. The van der Waals surface area contributed by atoms with E-state index in [0.29, 0.717) is 17.4 Å². The molecule has 2 rings (SSSR count). The SMILES string of the molecule is CC1CCC(NS(=O)(=O)c2ccc(CO)c(Cl)c2)C1C. The smallest absolute Gasteiger partial charge is 0.240 e. The zero-order valence-corrected chi connectivity index (χ0v) is 13.2. The van der Waals surface area contributed by atoms with Crippen molar-refractivity contribution in [2.45, 2.75) is 44.2 Å². The maximum atomic E-state index is 12.4. The van der Waals surface area contributed by atoms with Crippen LogP contribution >= 0.6 is 11.6 Å². The molecule has 1 aromatic rings. The lowest BCUT2D eigenvalue weighted by Crippen LogP contribution is -2.37. The van der Waals surface area contributed by atoms with Crippen LogP contribution in [0.15, 0.2) is 23.1 Å². The molecule has 0 aromatic heterocycles. The second kappa shape index (κ2) is 6.02. The molecule has 20 heavy (non-hydrogen) atoms. The van der Waals surface area contributed by atoms with E-state index in [1.807, 2.05) is 0 Å². The number of hydrogen-bond donors (Lipinski definition) is 2. The summed E-state index contributed by atoms with van der Waals surface area (Å²) in [5.41, 5.74) is 0.522. The summed E-state index contributed by atoms with van der Waals surface area (Å²) >= 11 is 5.95. The molecule has 1 saturated carbocycles. The van der Waals surface area contributed by atoms with Crippen molar-refractivity contribution < 1.29 is 13.5 Å². The number of rotatable bonds is 4. The van der Waals surface area contributed by atoms with Gasteiger partial charge in [-0.05, 0) is 42.4 Å². The number of nitrogens with one attached hydrogen (secondary N) is 1. The molecular formula is C14H20ClNO3S. The minimum absolute atomic E-state index is 0.0220. The van der Waals surface area contributed by atoms with Crippen molar-refractivity contribution >= 4 is 21.6 Å². The largest absolute Gasteiger partial charge is 0.392 e. The normalized spacial score (nSPS) is 26.9. The molecule has 1 aliphatic carbocycles. The maximum absolute atomic E-state index is 12.4. The lowest BCUT2D eigenvalue weighted by Gasteiger charge is -2.19. The zero-order valence-electron chi connectivity index (χ0n) is 11.6. The number of sulfonamides is 1. The molecule has 0 saturated heterocycles. The highest BCUT2D eigenvalue weighted by Gasteiger charge is 2.33. The number of halogens is 1. The molecule has 112 valence electrons. The first-order chi connectivity index (χ1) is 9.35. The van der Waals surface area contributed by atoms with E-state index in [1.165, 1.54) is 18.2 Å². The van der Waals surface area contributed by atoms with Crippen LogP contribution in [-0.2, 0) is 16.6 Å². The number of aliphatic hydroxyl groups is 1. The third kappa shape index (κ3) is 3.17. The number of hydrogen-bond acceptors (Lipinski definition) is 3. The summed E-state index contributed by atoms with van der Waals surface area (Å²) in [6, 6.07) is 4.38. The van der Waals surface area contributed by atoms with Gasteiger partial charge in [0.05, 0.1) is 11.5 Å². The van der Waals surface area contributed by atoms with Crippen LogP contribution in [-0.4, -0.2) is 19.6 Å². The minimum Gasteiger partial charge on any atom is -0.392 e. The van der Waals surface area contributed by atoms with Crippen molar-refractivity contribution in [2.75, 3.05) is 0 Å². The highest BCUT2D eigenvalue weighted by atomic mass is 35.5. The van der Waals surface area contributed by atoms with Crippen molar-refractivity contribution in [1.82, 2.24) is 4.72 Å². The maximum Gasteiger partial charge on any atom is 0.240 e. The molecule has 2 N–H and O–H groups in total. The highest BCUT2D eigenvalue weighted by Crippen LogP contribution is 2.32. The minimum atomic E-state index is -3.56. The van der Waals surface area contributed by atoms with Crippen molar-refractivity contribution in [1.29, 1.82) is 0 Å². The van der Waals surface area contributed by atoms with Gasteiger partial charge in [-0.15, -0.1) is 0 Å². The van der Waals surface area contributed by atoms with Crippen molar-refractivity contribution in [3.63, 3.8) is 0 Å². The van der Waals surface area contributed by atoms with E-state index in [-0.39, 0.29) is 22.6 Å². The molecule has 6 heteroatoms. The van der Waals surface area contributed by atoms with Crippen LogP contribution in [0.25, 0.3) is 0 Å². The molecule has 0 spiro atoms. The Bertz CT molecular complexity index is 588. The summed E-state index contributed by atoms with van der Waals surface area (Å²) in [4.78, 5) is 0.145. The Balaban J connectivity index is 2.20. The van der Waals surface area contributed by atoms with Crippen molar-refractivity contribution in [3.8, 4) is 0 Å². The van der Waals surface area contributed by atoms with Crippen molar-refractivity contribution in [3.05, 3.63) is 28.8 Å². The summed E-state index contributed by atoms with van der Waals surface area (Å²) in [6.45, 7) is 4.02. The number of aliphatic hydroxyl groups excluding tert-OH is 1. The topological polar surface area (TPSA) is 66.4 Å². The summed E-state index contributed by atoms with van der Waals surface area (Å²) in [5.74, 6) is 0.861. The quantitative estimate of drug-likeness (QED) is 0.897. The molecule has 0 bridgehead atoms. The van der Waals surface area contributed by atoms with Gasteiger partial charge in [-0.1, -0.05) is 31.5 Å². The molecule has 0 amide bonds. The van der Waals surface area contributed by atoms with Crippen LogP contribution in [0.5, 0.6) is 0 Å². The second-order valence-corrected chi connectivity index (χ2v) is 7.67. The summed E-state index contributed by atoms with van der Waals surface area (Å²) < 4.78 is 27.5. The lowest BCUT2D eigenvalue weighted by atomic mass is 9.98. The first-order valence-electron chi connectivity index (χ1n) is 6.76. The second-order valence-electron chi connectivity index (χ2n) is 5.55. The van der Waals surface area contributed by atoms with E-state index >= 15 is 0 Å². The average molecular weight is 318 g/mol. The van der Waals surface area contributed by atoms with E-state index in [0.717, 1.165) is 12.8 Å². The molecule has 1 fully saturated rings. The standard InChI is InChI=1S/C14H20ClNO3S/c1-9-3-6-14(10(9)2)16-20(18,19)12-5-4-11(8-17)13(15)7-12/h4-5,7,9-10,14,16-17H,3,6,8H2,1-2H3. The molecule has 0 heterocycles. The predicted octanol–water partition coefficient (Wildman–Crippen LogP) is 2.55. The van der Waals surface area contributed by atoms with E-state index in [1.54, 1.807) is 0 Å². The van der Waals surface area contributed by atoms with Gasteiger partial charge >= 0.3 is 0 Å². The third-order valence-corrected chi connectivity index (χ3v) is 6.12. The summed E-state index contributed by atoms with van der Waals surface area (Å²) in [6.07, 6.45) is 1.91. The average Bonchev–Trinajstić information content (AvgIpc) is 2.70. The third-order valence-electron chi connectivity index (χ3n) is 4.28. The predicted molar refractivity (Wildman–Crippen MR) is 79.0 cm³/mol. The van der Waals surface area contributed by atoms with Crippen LogP contribution in [0.2, 0.25) is 5.02 Å². The molecule has 1 aromatic carbocycles. The fraction of sp³-hybridized carbons (Fsp3) is 0.571. The zero-order chi connectivity index (χ0) is 14.9. The number of benzene rings is 1. The van der Waals surface area contributed by atoms with Gasteiger partial charge in [0.1, 0.15) is 0 Å². The van der Waals surface area contributed by atoms with Gasteiger partial charge in [-0.3, -0.25) is 0 Å². The fourth-order valence-corrected chi connectivity index (χ4v) is 4.31. The van der Waals surface area contributed by atoms with Crippen LogP contribution in [0.1, 0.15) is 32.3 Å². The van der Waals surface area contributed by atoms with E-state index < -0.39 is 10.0 Å². The van der Waals surface area contributed by atoms with E-state index in [2.05, 4.69) is 18.6 Å². The van der Waals surface area contributed by atoms with E-state index in [9.17, 15) is 8.42 Å².